The summed E-state index contributed by atoms with van der Waals surface area (Å²) in [5.41, 5.74) is 2.78. The first kappa shape index (κ1) is 18.5. The fourth-order valence-electron chi connectivity index (χ4n) is 2.65. The standard InChI is InChI=1S/C18H13BrN4O4S/c1-23-17(25)14(28-18(23)26)5-10-4-13(12(24)6-11(10)19)27-7-9-2-3-20-16-15(9)21-8-22-16/h2-6,8,24H,7H2,1H3,(H,20,21,22)/b14-5-. The van der Waals surface area contributed by atoms with Crippen LogP contribution in [0.15, 0.2) is 40.1 Å². The van der Waals surface area contributed by atoms with Gasteiger partial charge in [-0.2, -0.15) is 0 Å². The van der Waals surface area contributed by atoms with Crippen molar-refractivity contribution in [2.45, 2.75) is 6.61 Å². The van der Waals surface area contributed by atoms with Crippen LogP contribution >= 0.6 is 27.7 Å². The summed E-state index contributed by atoms with van der Waals surface area (Å²) in [7, 11) is 1.43. The summed E-state index contributed by atoms with van der Waals surface area (Å²) in [6.45, 7) is 0.182. The molecular weight excluding hydrogens is 448 g/mol. The number of rotatable bonds is 4. The van der Waals surface area contributed by atoms with Crippen LogP contribution in [-0.4, -0.2) is 43.2 Å². The maximum atomic E-state index is 12.1. The van der Waals surface area contributed by atoms with Crippen molar-refractivity contribution in [3.63, 3.8) is 0 Å². The van der Waals surface area contributed by atoms with E-state index in [0.29, 0.717) is 20.6 Å². The van der Waals surface area contributed by atoms with Gasteiger partial charge in [0.15, 0.2) is 17.1 Å². The molecule has 1 aliphatic rings. The summed E-state index contributed by atoms with van der Waals surface area (Å²) in [5.74, 6) is -0.173. The number of carbonyl (C=O) groups excluding carboxylic acids is 2. The van der Waals surface area contributed by atoms with E-state index < -0.39 is 0 Å². The third-order valence-electron chi connectivity index (χ3n) is 4.15. The zero-order valence-electron chi connectivity index (χ0n) is 14.5. The molecule has 0 saturated carbocycles. The van der Waals surface area contributed by atoms with Crippen LogP contribution < -0.4 is 4.74 Å². The topological polar surface area (TPSA) is 108 Å². The second-order valence-corrected chi connectivity index (χ2v) is 7.79. The number of carbonyl (C=O) groups is 2. The van der Waals surface area contributed by atoms with Crippen molar-refractivity contribution in [1.29, 1.82) is 0 Å². The van der Waals surface area contributed by atoms with Gasteiger partial charge in [0.2, 0.25) is 0 Å². The number of fused-ring (bicyclic) bond motifs is 1. The molecule has 2 amide bonds. The summed E-state index contributed by atoms with van der Waals surface area (Å²) in [5, 5.41) is 9.89. The quantitative estimate of drug-likeness (QED) is 0.571. The third-order valence-corrected chi connectivity index (χ3v) is 5.80. The number of ether oxygens (including phenoxy) is 1. The van der Waals surface area contributed by atoms with Crippen LogP contribution in [-0.2, 0) is 11.4 Å². The molecule has 0 spiro atoms. The first-order valence-electron chi connectivity index (χ1n) is 8.08. The van der Waals surface area contributed by atoms with Gasteiger partial charge in [0.1, 0.15) is 6.61 Å². The molecule has 1 saturated heterocycles. The number of aromatic amines is 1. The zero-order chi connectivity index (χ0) is 19.8. The Morgan fingerprint density at radius 3 is 2.93 bits per heavy atom. The molecule has 2 aromatic heterocycles. The van der Waals surface area contributed by atoms with Gasteiger partial charge < -0.3 is 14.8 Å². The predicted molar refractivity (Wildman–Crippen MR) is 108 cm³/mol. The molecule has 3 heterocycles. The Kier molecular flexibility index (Phi) is 4.82. The van der Waals surface area contributed by atoms with Gasteiger partial charge in [-0.1, -0.05) is 15.9 Å². The minimum absolute atomic E-state index is 0.0532. The zero-order valence-corrected chi connectivity index (χ0v) is 16.9. The van der Waals surface area contributed by atoms with Gasteiger partial charge >= 0.3 is 0 Å². The van der Waals surface area contributed by atoms with E-state index in [9.17, 15) is 14.7 Å². The number of imidazole rings is 1. The van der Waals surface area contributed by atoms with Crippen LogP contribution in [0, 0.1) is 0 Å². The third kappa shape index (κ3) is 3.36. The summed E-state index contributed by atoms with van der Waals surface area (Å²) < 4.78 is 6.35. The molecule has 3 aromatic rings. The number of phenols is 1. The molecule has 0 bridgehead atoms. The maximum absolute atomic E-state index is 12.1. The lowest BCUT2D eigenvalue weighted by atomic mass is 10.1. The van der Waals surface area contributed by atoms with E-state index in [1.165, 1.54) is 13.1 Å². The number of amides is 2. The van der Waals surface area contributed by atoms with Crippen molar-refractivity contribution in [2.75, 3.05) is 7.05 Å². The number of halogens is 1. The second kappa shape index (κ2) is 7.28. The number of aromatic nitrogens is 3. The number of phenolic OH excluding ortho intramolecular Hbond substituents is 1. The van der Waals surface area contributed by atoms with Gasteiger partial charge in [0.05, 0.1) is 16.7 Å². The molecule has 10 heteroatoms. The minimum Gasteiger partial charge on any atom is -0.504 e. The Morgan fingerprint density at radius 2 is 2.18 bits per heavy atom. The van der Waals surface area contributed by atoms with Crippen molar-refractivity contribution in [1.82, 2.24) is 19.9 Å². The van der Waals surface area contributed by atoms with Crippen LogP contribution in [0.5, 0.6) is 11.5 Å². The average Bonchev–Trinajstić information content (AvgIpc) is 3.24. The number of thioether (sulfide) groups is 1. The molecular formula is C18H13BrN4O4S. The van der Waals surface area contributed by atoms with Crippen LogP contribution in [0.2, 0.25) is 0 Å². The van der Waals surface area contributed by atoms with Crippen molar-refractivity contribution < 1.29 is 19.4 Å². The van der Waals surface area contributed by atoms with Crippen LogP contribution in [0.1, 0.15) is 11.1 Å². The van der Waals surface area contributed by atoms with Gasteiger partial charge in [0.25, 0.3) is 11.1 Å². The van der Waals surface area contributed by atoms with Crippen molar-refractivity contribution in [2.24, 2.45) is 0 Å². The van der Waals surface area contributed by atoms with E-state index in [4.69, 9.17) is 4.74 Å². The van der Waals surface area contributed by atoms with Gasteiger partial charge in [-0.3, -0.25) is 14.5 Å². The van der Waals surface area contributed by atoms with E-state index in [1.807, 2.05) is 0 Å². The Bertz CT molecular complexity index is 1140. The number of hydrogen-bond acceptors (Lipinski definition) is 7. The number of nitrogens with one attached hydrogen (secondary N) is 1. The Hall–Kier alpha value is -2.85. The number of hydrogen-bond donors (Lipinski definition) is 2. The number of likely N-dealkylation sites (N-methyl/N-ethyl adjacent to an activating group) is 1. The number of benzene rings is 1. The highest BCUT2D eigenvalue weighted by Gasteiger charge is 2.32. The van der Waals surface area contributed by atoms with Crippen LogP contribution in [0.4, 0.5) is 4.79 Å². The molecule has 2 N–H and O–H groups in total. The van der Waals surface area contributed by atoms with Crippen LogP contribution in [0.25, 0.3) is 17.2 Å². The largest absolute Gasteiger partial charge is 0.504 e. The molecule has 1 fully saturated rings. The number of aromatic hydroxyl groups is 1. The monoisotopic (exact) mass is 460 g/mol. The number of pyridine rings is 1. The Balaban J connectivity index is 1.62. The molecule has 8 nitrogen and oxygen atoms in total. The molecule has 4 rings (SSSR count). The molecule has 0 atom stereocenters. The number of imide groups is 1. The highest BCUT2D eigenvalue weighted by Crippen LogP contribution is 2.37. The second-order valence-electron chi connectivity index (χ2n) is 5.94. The molecule has 0 aliphatic carbocycles. The van der Waals surface area contributed by atoms with Gasteiger partial charge in [0, 0.05) is 23.3 Å². The minimum atomic E-state index is -0.365. The highest BCUT2D eigenvalue weighted by atomic mass is 79.9. The van der Waals surface area contributed by atoms with E-state index in [0.717, 1.165) is 27.7 Å². The fraction of sp³-hybridized carbons (Fsp3) is 0.111. The van der Waals surface area contributed by atoms with E-state index in [2.05, 4.69) is 30.9 Å². The van der Waals surface area contributed by atoms with E-state index in [-0.39, 0.29) is 29.3 Å². The summed E-state index contributed by atoms with van der Waals surface area (Å²) in [4.78, 5) is 36.4. The maximum Gasteiger partial charge on any atom is 0.293 e. The first-order chi connectivity index (χ1) is 13.4. The van der Waals surface area contributed by atoms with Crippen LogP contribution in [0.3, 0.4) is 0 Å². The summed E-state index contributed by atoms with van der Waals surface area (Å²) >= 11 is 4.23. The molecule has 0 unspecified atom stereocenters. The Morgan fingerprint density at radius 1 is 1.36 bits per heavy atom. The molecule has 1 aromatic carbocycles. The summed E-state index contributed by atoms with van der Waals surface area (Å²) in [6.07, 6.45) is 4.77. The molecule has 0 radical (unpaired) electrons. The van der Waals surface area contributed by atoms with E-state index in [1.54, 1.807) is 30.7 Å². The number of nitrogens with zero attached hydrogens (tertiary/aromatic N) is 3. The lowest BCUT2D eigenvalue weighted by molar-refractivity contribution is -0.121. The lowest BCUT2D eigenvalue weighted by Crippen LogP contribution is -2.22. The van der Waals surface area contributed by atoms with Crippen molar-refractivity contribution in [3.05, 3.63) is 51.2 Å². The molecule has 142 valence electrons. The molecule has 28 heavy (non-hydrogen) atoms. The normalized spacial score (nSPS) is 15.8. The van der Waals surface area contributed by atoms with Crippen molar-refractivity contribution >= 4 is 56.1 Å². The SMILES string of the molecule is CN1C(=O)S/C(=C\c2cc(OCc3ccnc4nc[nH]c34)c(O)cc2Br)C1=O. The van der Waals surface area contributed by atoms with E-state index >= 15 is 0 Å². The van der Waals surface area contributed by atoms with Gasteiger partial charge in [-0.25, -0.2) is 9.97 Å². The Labute approximate surface area is 171 Å². The summed E-state index contributed by atoms with van der Waals surface area (Å²) in [6, 6.07) is 4.89. The average molecular weight is 461 g/mol. The van der Waals surface area contributed by atoms with Gasteiger partial charge in [-0.05, 0) is 41.6 Å². The predicted octanol–water partition coefficient (Wildman–Crippen LogP) is 3.67. The first-order valence-corrected chi connectivity index (χ1v) is 9.69. The van der Waals surface area contributed by atoms with Crippen molar-refractivity contribution in [3.8, 4) is 11.5 Å². The fourth-order valence-corrected chi connectivity index (χ4v) is 3.91. The molecule has 1 aliphatic heterocycles. The highest BCUT2D eigenvalue weighted by molar-refractivity contribution is 9.10. The smallest absolute Gasteiger partial charge is 0.293 e. The number of H-pyrrole nitrogens is 1. The van der Waals surface area contributed by atoms with Gasteiger partial charge in [-0.15, -0.1) is 0 Å². The lowest BCUT2D eigenvalue weighted by Gasteiger charge is -2.11.